The van der Waals surface area contributed by atoms with Crippen molar-refractivity contribution in [3.63, 3.8) is 0 Å². The smallest absolute Gasteiger partial charge is 0.250 e. The largest absolute Gasteiger partial charge is 0.366 e. The van der Waals surface area contributed by atoms with E-state index in [2.05, 4.69) is 6.07 Å². The Bertz CT molecular complexity index is 422. The molecule has 1 aromatic carbocycles. The van der Waals surface area contributed by atoms with Crippen LogP contribution in [-0.2, 0) is 0 Å². The van der Waals surface area contributed by atoms with Gasteiger partial charge in [0, 0.05) is 0 Å². The fourth-order valence-electron chi connectivity index (χ4n) is 1.45. The first-order valence-electron chi connectivity index (χ1n) is 4.29. The maximum Gasteiger partial charge on any atom is 0.250 e. The predicted molar refractivity (Wildman–Crippen MR) is 51.7 cm³/mol. The van der Waals surface area contributed by atoms with Crippen LogP contribution in [0.3, 0.4) is 0 Å². The van der Waals surface area contributed by atoms with Gasteiger partial charge in [-0.25, -0.2) is 0 Å². The number of nitriles is 1. The second kappa shape index (κ2) is 3.04. The number of rotatable bonds is 2. The highest BCUT2D eigenvalue weighted by Crippen LogP contribution is 2.30. The van der Waals surface area contributed by atoms with E-state index in [0.29, 0.717) is 12.1 Å². The molecule has 0 radical (unpaired) electrons. The molecule has 4 nitrogen and oxygen atoms in total. The molecule has 0 bridgehead atoms. The molecule has 4 heteroatoms. The number of nitrogens with two attached hydrogens (primary N) is 1. The van der Waals surface area contributed by atoms with E-state index in [9.17, 15) is 4.79 Å². The van der Waals surface area contributed by atoms with Crippen molar-refractivity contribution in [2.75, 3.05) is 11.4 Å². The summed E-state index contributed by atoms with van der Waals surface area (Å²) in [4.78, 5) is 12.9. The fraction of sp³-hybridized carbons (Fsp3) is 0.200. The molecule has 1 amide bonds. The van der Waals surface area contributed by atoms with Crippen molar-refractivity contribution >= 4 is 11.6 Å². The Kier molecular flexibility index (Phi) is 1.86. The van der Waals surface area contributed by atoms with Gasteiger partial charge in [-0.2, -0.15) is 5.26 Å². The SMILES string of the molecule is N#CC1CN1c1ccccc1C(N)=O. The zero-order chi connectivity index (χ0) is 10.1. The molecule has 1 unspecified atom stereocenters. The number of amides is 1. The van der Waals surface area contributed by atoms with Crippen LogP contribution in [0.2, 0.25) is 0 Å². The number of benzene rings is 1. The van der Waals surface area contributed by atoms with Gasteiger partial charge in [0.05, 0.1) is 23.9 Å². The minimum absolute atomic E-state index is 0.101. The summed E-state index contributed by atoms with van der Waals surface area (Å²) in [5.74, 6) is -0.454. The van der Waals surface area contributed by atoms with E-state index >= 15 is 0 Å². The lowest BCUT2D eigenvalue weighted by atomic mass is 10.1. The quantitative estimate of drug-likeness (QED) is 0.685. The first-order valence-corrected chi connectivity index (χ1v) is 4.29. The molecule has 1 aliphatic rings. The van der Waals surface area contributed by atoms with E-state index in [0.717, 1.165) is 5.69 Å². The summed E-state index contributed by atoms with van der Waals surface area (Å²) in [5, 5.41) is 8.66. The van der Waals surface area contributed by atoms with Crippen LogP contribution in [0.25, 0.3) is 0 Å². The third-order valence-corrected chi connectivity index (χ3v) is 2.24. The molecule has 0 aliphatic carbocycles. The third kappa shape index (κ3) is 1.29. The molecule has 1 saturated heterocycles. The van der Waals surface area contributed by atoms with Crippen molar-refractivity contribution in [1.29, 1.82) is 5.26 Å². The van der Waals surface area contributed by atoms with Gasteiger partial charge < -0.3 is 10.6 Å². The summed E-state index contributed by atoms with van der Waals surface area (Å²) in [7, 11) is 0. The summed E-state index contributed by atoms with van der Waals surface area (Å²) in [6.45, 7) is 0.681. The van der Waals surface area contributed by atoms with E-state index in [4.69, 9.17) is 11.0 Å². The van der Waals surface area contributed by atoms with Crippen LogP contribution in [-0.4, -0.2) is 18.5 Å². The molecule has 1 atom stereocenters. The lowest BCUT2D eigenvalue weighted by molar-refractivity contribution is 0.100. The van der Waals surface area contributed by atoms with Crippen molar-refractivity contribution in [3.8, 4) is 6.07 Å². The fourth-order valence-corrected chi connectivity index (χ4v) is 1.45. The molecular formula is C10H9N3O. The van der Waals surface area contributed by atoms with E-state index in [1.54, 1.807) is 18.2 Å². The second-order valence-electron chi connectivity index (χ2n) is 3.18. The average molecular weight is 187 g/mol. The van der Waals surface area contributed by atoms with Gasteiger partial charge in [-0.1, -0.05) is 12.1 Å². The maximum absolute atomic E-state index is 11.1. The lowest BCUT2D eigenvalue weighted by Crippen LogP contribution is -2.14. The van der Waals surface area contributed by atoms with Crippen LogP contribution >= 0.6 is 0 Å². The van der Waals surface area contributed by atoms with Gasteiger partial charge in [-0.15, -0.1) is 0 Å². The van der Waals surface area contributed by atoms with E-state index in [1.165, 1.54) is 0 Å². The van der Waals surface area contributed by atoms with Crippen LogP contribution in [0.4, 0.5) is 5.69 Å². The Balaban J connectivity index is 2.35. The molecule has 0 spiro atoms. The number of carbonyl (C=O) groups excluding carboxylic acids is 1. The molecule has 0 saturated carbocycles. The molecule has 1 fully saturated rings. The molecule has 1 aromatic rings. The van der Waals surface area contributed by atoms with Gasteiger partial charge in [-0.05, 0) is 12.1 Å². The second-order valence-corrected chi connectivity index (χ2v) is 3.18. The summed E-state index contributed by atoms with van der Waals surface area (Å²) in [5.41, 5.74) is 6.45. The van der Waals surface area contributed by atoms with Crippen molar-refractivity contribution in [3.05, 3.63) is 29.8 Å². The average Bonchev–Trinajstić information content (AvgIpc) is 2.96. The first-order chi connectivity index (χ1) is 6.74. The van der Waals surface area contributed by atoms with Crippen molar-refractivity contribution < 1.29 is 4.79 Å². The van der Waals surface area contributed by atoms with E-state index < -0.39 is 5.91 Å². The normalized spacial score (nSPS) is 18.8. The van der Waals surface area contributed by atoms with Crippen molar-refractivity contribution in [2.45, 2.75) is 6.04 Å². The lowest BCUT2D eigenvalue weighted by Gasteiger charge is -2.06. The Labute approximate surface area is 81.5 Å². The van der Waals surface area contributed by atoms with Crippen LogP contribution in [0.15, 0.2) is 24.3 Å². The highest BCUT2D eigenvalue weighted by atomic mass is 16.1. The summed E-state index contributed by atoms with van der Waals surface area (Å²) in [6, 6.07) is 9.09. The third-order valence-electron chi connectivity index (χ3n) is 2.24. The summed E-state index contributed by atoms with van der Waals surface area (Å²) >= 11 is 0. The van der Waals surface area contributed by atoms with Gasteiger partial charge in [0.1, 0.15) is 6.04 Å². The number of hydrogen-bond acceptors (Lipinski definition) is 3. The zero-order valence-corrected chi connectivity index (χ0v) is 7.47. The summed E-state index contributed by atoms with van der Waals surface area (Å²) < 4.78 is 0. The molecule has 0 aromatic heterocycles. The monoisotopic (exact) mass is 187 g/mol. The van der Waals surface area contributed by atoms with Crippen molar-refractivity contribution in [2.24, 2.45) is 5.73 Å². The van der Waals surface area contributed by atoms with E-state index in [1.807, 2.05) is 11.0 Å². The maximum atomic E-state index is 11.1. The van der Waals surface area contributed by atoms with Gasteiger partial charge in [0.25, 0.3) is 5.91 Å². The number of para-hydroxylation sites is 1. The molecule has 2 N–H and O–H groups in total. The Morgan fingerprint density at radius 1 is 1.57 bits per heavy atom. The molecule has 2 rings (SSSR count). The highest BCUT2D eigenvalue weighted by Gasteiger charge is 2.35. The first kappa shape index (κ1) is 8.57. The molecule has 70 valence electrons. The van der Waals surface area contributed by atoms with Crippen LogP contribution in [0.1, 0.15) is 10.4 Å². The zero-order valence-electron chi connectivity index (χ0n) is 7.47. The number of nitrogens with zero attached hydrogens (tertiary/aromatic N) is 2. The molecule has 1 heterocycles. The minimum Gasteiger partial charge on any atom is -0.366 e. The van der Waals surface area contributed by atoms with Crippen LogP contribution in [0.5, 0.6) is 0 Å². The Morgan fingerprint density at radius 3 is 2.86 bits per heavy atom. The number of primary amides is 1. The van der Waals surface area contributed by atoms with Gasteiger partial charge in [0.2, 0.25) is 0 Å². The van der Waals surface area contributed by atoms with E-state index in [-0.39, 0.29) is 6.04 Å². The standard InChI is InChI=1S/C10H9N3O/c11-5-7-6-13(7)9-4-2-1-3-8(9)10(12)14/h1-4,7H,6H2,(H2,12,14). The van der Waals surface area contributed by atoms with Gasteiger partial charge in [-0.3, -0.25) is 4.79 Å². The topological polar surface area (TPSA) is 69.9 Å². The Morgan fingerprint density at radius 2 is 2.29 bits per heavy atom. The minimum atomic E-state index is -0.454. The molecule has 1 aliphatic heterocycles. The van der Waals surface area contributed by atoms with Gasteiger partial charge in [0.15, 0.2) is 0 Å². The highest BCUT2D eigenvalue weighted by molar-refractivity contribution is 5.99. The molecule has 14 heavy (non-hydrogen) atoms. The number of anilines is 1. The Hall–Kier alpha value is -2.02. The van der Waals surface area contributed by atoms with Crippen LogP contribution in [0, 0.1) is 11.3 Å². The summed E-state index contributed by atoms with van der Waals surface area (Å²) in [6.07, 6.45) is 0. The van der Waals surface area contributed by atoms with Gasteiger partial charge >= 0.3 is 0 Å². The van der Waals surface area contributed by atoms with Crippen molar-refractivity contribution in [1.82, 2.24) is 0 Å². The number of hydrogen-bond donors (Lipinski definition) is 1. The molecular weight excluding hydrogens is 178 g/mol. The van der Waals surface area contributed by atoms with Crippen LogP contribution < -0.4 is 10.6 Å². The predicted octanol–water partition coefficient (Wildman–Crippen LogP) is 0.498. The number of carbonyl (C=O) groups is 1.